The summed E-state index contributed by atoms with van der Waals surface area (Å²) in [5.41, 5.74) is 7.54. The van der Waals surface area contributed by atoms with Crippen LogP contribution in [0.2, 0.25) is 0 Å². The maximum absolute atomic E-state index is 6.26. The van der Waals surface area contributed by atoms with E-state index in [4.69, 9.17) is 5.73 Å². The minimum atomic E-state index is 0.195. The normalized spacial score (nSPS) is 21.6. The molecule has 3 heteroatoms. The predicted octanol–water partition coefficient (Wildman–Crippen LogP) is 2.80. The zero-order valence-electron chi connectivity index (χ0n) is 10.5. The lowest BCUT2D eigenvalue weighted by Gasteiger charge is -2.16. The van der Waals surface area contributed by atoms with Crippen LogP contribution in [0.25, 0.3) is 0 Å². The highest BCUT2D eigenvalue weighted by atomic mass is 32.2. The number of nitrogens with two attached hydrogens (primary N) is 1. The van der Waals surface area contributed by atoms with Gasteiger partial charge in [-0.05, 0) is 55.3 Å². The summed E-state index contributed by atoms with van der Waals surface area (Å²) in [6.07, 6.45) is 2.38. The lowest BCUT2D eigenvalue weighted by Crippen LogP contribution is -2.17. The van der Waals surface area contributed by atoms with E-state index < -0.39 is 0 Å². The van der Waals surface area contributed by atoms with E-state index in [0.717, 1.165) is 31.2 Å². The fourth-order valence-electron chi connectivity index (χ4n) is 2.39. The molecule has 0 bridgehead atoms. The van der Waals surface area contributed by atoms with Gasteiger partial charge in [-0.25, -0.2) is 0 Å². The Morgan fingerprint density at radius 3 is 2.76 bits per heavy atom. The van der Waals surface area contributed by atoms with E-state index in [9.17, 15) is 0 Å². The summed E-state index contributed by atoms with van der Waals surface area (Å²) in [6.45, 7) is 4.47. The average molecular weight is 250 g/mol. The number of thioether (sulfide) groups is 1. The highest BCUT2D eigenvalue weighted by Crippen LogP contribution is 2.25. The van der Waals surface area contributed by atoms with Gasteiger partial charge in [0.1, 0.15) is 0 Å². The van der Waals surface area contributed by atoms with Crippen LogP contribution in [-0.4, -0.2) is 18.8 Å². The molecule has 94 valence electrons. The minimum Gasteiger partial charge on any atom is -0.324 e. The molecule has 17 heavy (non-hydrogen) atoms. The van der Waals surface area contributed by atoms with Gasteiger partial charge in [0.25, 0.3) is 0 Å². The van der Waals surface area contributed by atoms with Gasteiger partial charge in [0.05, 0.1) is 0 Å². The Bertz CT molecular complexity index is 331. The van der Waals surface area contributed by atoms with Crippen molar-refractivity contribution >= 4 is 11.8 Å². The first-order chi connectivity index (χ1) is 8.29. The molecular formula is C14H22N2S. The Morgan fingerprint density at radius 1 is 1.41 bits per heavy atom. The number of benzene rings is 1. The number of nitrogens with one attached hydrogen (secondary N) is 1. The smallest absolute Gasteiger partial charge is 0.0297 e. The Morgan fingerprint density at radius 2 is 2.18 bits per heavy atom. The quantitative estimate of drug-likeness (QED) is 0.789. The first-order valence-corrected chi connectivity index (χ1v) is 7.47. The van der Waals surface area contributed by atoms with Gasteiger partial charge in [-0.3, -0.25) is 0 Å². The third kappa shape index (κ3) is 3.73. The van der Waals surface area contributed by atoms with Crippen LogP contribution in [0.3, 0.4) is 0 Å². The SMILES string of the molecule is CCSc1ccc(C(N)CC2CCNC2)cc1. The molecule has 1 saturated heterocycles. The van der Waals surface area contributed by atoms with Crippen molar-refractivity contribution in [1.29, 1.82) is 0 Å². The molecule has 1 fully saturated rings. The molecule has 0 aliphatic carbocycles. The second kappa shape index (κ2) is 6.43. The van der Waals surface area contributed by atoms with Crippen molar-refractivity contribution in [3.8, 4) is 0 Å². The van der Waals surface area contributed by atoms with Crippen LogP contribution < -0.4 is 11.1 Å². The fraction of sp³-hybridized carbons (Fsp3) is 0.571. The summed E-state index contributed by atoms with van der Waals surface area (Å²) in [7, 11) is 0. The van der Waals surface area contributed by atoms with E-state index in [1.54, 1.807) is 0 Å². The summed E-state index contributed by atoms with van der Waals surface area (Å²) >= 11 is 1.88. The Balaban J connectivity index is 1.91. The largest absolute Gasteiger partial charge is 0.324 e. The number of hydrogen-bond acceptors (Lipinski definition) is 3. The van der Waals surface area contributed by atoms with Gasteiger partial charge in [-0.2, -0.15) is 0 Å². The molecule has 1 aliphatic heterocycles. The van der Waals surface area contributed by atoms with E-state index in [1.807, 2.05) is 11.8 Å². The monoisotopic (exact) mass is 250 g/mol. The van der Waals surface area contributed by atoms with Crippen LogP contribution in [0, 0.1) is 5.92 Å². The van der Waals surface area contributed by atoms with Gasteiger partial charge in [-0.15, -0.1) is 11.8 Å². The van der Waals surface area contributed by atoms with E-state index in [-0.39, 0.29) is 6.04 Å². The van der Waals surface area contributed by atoms with Crippen molar-refractivity contribution in [2.45, 2.75) is 30.7 Å². The first-order valence-electron chi connectivity index (χ1n) is 6.48. The molecule has 2 rings (SSSR count). The van der Waals surface area contributed by atoms with Crippen molar-refractivity contribution in [1.82, 2.24) is 5.32 Å². The Hall–Kier alpha value is -0.510. The summed E-state index contributed by atoms with van der Waals surface area (Å²) < 4.78 is 0. The highest BCUT2D eigenvalue weighted by Gasteiger charge is 2.18. The lowest BCUT2D eigenvalue weighted by atomic mass is 9.95. The zero-order valence-corrected chi connectivity index (χ0v) is 11.3. The van der Waals surface area contributed by atoms with Crippen LogP contribution in [0.5, 0.6) is 0 Å². The van der Waals surface area contributed by atoms with Crippen molar-refractivity contribution in [3.05, 3.63) is 29.8 Å². The second-order valence-electron chi connectivity index (χ2n) is 4.70. The fourth-order valence-corrected chi connectivity index (χ4v) is 3.05. The van der Waals surface area contributed by atoms with Crippen LogP contribution in [0.15, 0.2) is 29.2 Å². The van der Waals surface area contributed by atoms with Crippen LogP contribution in [-0.2, 0) is 0 Å². The maximum Gasteiger partial charge on any atom is 0.0297 e. The van der Waals surface area contributed by atoms with Crippen LogP contribution in [0.1, 0.15) is 31.4 Å². The highest BCUT2D eigenvalue weighted by molar-refractivity contribution is 7.99. The third-order valence-electron chi connectivity index (χ3n) is 3.37. The molecule has 1 heterocycles. The number of hydrogen-bond donors (Lipinski definition) is 2. The molecule has 0 amide bonds. The average Bonchev–Trinajstić information content (AvgIpc) is 2.83. The molecular weight excluding hydrogens is 228 g/mol. The van der Waals surface area contributed by atoms with E-state index in [1.165, 1.54) is 16.9 Å². The van der Waals surface area contributed by atoms with Crippen LogP contribution in [0.4, 0.5) is 0 Å². The Labute approximate surface area is 108 Å². The van der Waals surface area contributed by atoms with E-state index in [0.29, 0.717) is 0 Å². The summed E-state index contributed by atoms with van der Waals surface area (Å²) in [5.74, 6) is 1.88. The van der Waals surface area contributed by atoms with Gasteiger partial charge in [0.15, 0.2) is 0 Å². The molecule has 2 unspecified atom stereocenters. The lowest BCUT2D eigenvalue weighted by molar-refractivity contribution is 0.473. The van der Waals surface area contributed by atoms with Gasteiger partial charge < -0.3 is 11.1 Å². The summed E-state index contributed by atoms with van der Waals surface area (Å²) in [5, 5.41) is 3.40. The molecule has 0 aromatic heterocycles. The molecule has 3 N–H and O–H groups in total. The topological polar surface area (TPSA) is 38.0 Å². The number of rotatable bonds is 5. The van der Waals surface area contributed by atoms with Gasteiger partial charge in [-0.1, -0.05) is 19.1 Å². The molecule has 2 atom stereocenters. The molecule has 0 spiro atoms. The third-order valence-corrected chi connectivity index (χ3v) is 4.26. The molecule has 1 aliphatic rings. The maximum atomic E-state index is 6.26. The van der Waals surface area contributed by atoms with E-state index >= 15 is 0 Å². The zero-order chi connectivity index (χ0) is 12.1. The van der Waals surface area contributed by atoms with Gasteiger partial charge >= 0.3 is 0 Å². The van der Waals surface area contributed by atoms with Gasteiger partial charge in [0, 0.05) is 10.9 Å². The summed E-state index contributed by atoms with van der Waals surface area (Å²) in [6, 6.07) is 8.95. The summed E-state index contributed by atoms with van der Waals surface area (Å²) in [4.78, 5) is 1.34. The van der Waals surface area contributed by atoms with Crippen molar-refractivity contribution in [3.63, 3.8) is 0 Å². The first kappa shape index (κ1) is 12.9. The predicted molar refractivity (Wildman–Crippen MR) is 75.4 cm³/mol. The van der Waals surface area contributed by atoms with Crippen molar-refractivity contribution < 1.29 is 0 Å². The molecule has 1 aromatic carbocycles. The molecule has 0 radical (unpaired) electrons. The van der Waals surface area contributed by atoms with Crippen molar-refractivity contribution in [2.24, 2.45) is 11.7 Å². The Kier molecular flexibility index (Phi) is 4.89. The molecule has 0 saturated carbocycles. The molecule has 1 aromatic rings. The van der Waals surface area contributed by atoms with Gasteiger partial charge in [0.2, 0.25) is 0 Å². The van der Waals surface area contributed by atoms with E-state index in [2.05, 4.69) is 36.5 Å². The molecule has 2 nitrogen and oxygen atoms in total. The van der Waals surface area contributed by atoms with Crippen molar-refractivity contribution in [2.75, 3.05) is 18.8 Å². The standard InChI is InChI=1S/C14H22N2S/c1-2-17-13-5-3-12(4-6-13)14(15)9-11-7-8-16-10-11/h3-6,11,14,16H,2,7-10,15H2,1H3. The second-order valence-corrected chi connectivity index (χ2v) is 6.04. The van der Waals surface area contributed by atoms with Crippen LogP contribution >= 0.6 is 11.8 Å². The minimum absolute atomic E-state index is 0.195.